The van der Waals surface area contributed by atoms with E-state index in [2.05, 4.69) is 10.5 Å². The van der Waals surface area contributed by atoms with E-state index in [9.17, 15) is 4.79 Å². The van der Waals surface area contributed by atoms with Crippen molar-refractivity contribution in [3.63, 3.8) is 0 Å². The fourth-order valence-corrected chi connectivity index (χ4v) is 5.03. The van der Waals surface area contributed by atoms with Crippen LogP contribution in [0.1, 0.15) is 45.4 Å². The first-order chi connectivity index (χ1) is 9.52. The average molecular weight is 279 g/mol. The second-order valence-electron chi connectivity index (χ2n) is 7.33. The lowest BCUT2D eigenvalue weighted by atomic mass is 9.49. The van der Waals surface area contributed by atoms with Crippen LogP contribution in [0, 0.1) is 29.1 Å². The Labute approximate surface area is 120 Å². The number of hydrogen-bond donors (Lipinski definition) is 3. The van der Waals surface area contributed by atoms with Crippen LogP contribution in [-0.2, 0) is 4.79 Å². The van der Waals surface area contributed by atoms with Crippen molar-refractivity contribution in [2.24, 2.45) is 40.0 Å². The smallest absolute Gasteiger partial charge is 0.226 e. The predicted octanol–water partition coefficient (Wildman–Crippen LogP) is 1.70. The minimum absolute atomic E-state index is 0.112. The SMILES string of the molecule is CC(CNC(=O)C12CC3CC(CC(C3)C1)C2)C(N)=NO. The van der Waals surface area contributed by atoms with Crippen molar-refractivity contribution in [1.82, 2.24) is 5.32 Å². The molecule has 1 unspecified atom stereocenters. The first-order valence-corrected chi connectivity index (χ1v) is 7.78. The summed E-state index contributed by atoms with van der Waals surface area (Å²) in [4.78, 5) is 12.7. The zero-order valence-corrected chi connectivity index (χ0v) is 12.1. The number of nitrogens with zero attached hydrogens (tertiary/aromatic N) is 1. The van der Waals surface area contributed by atoms with E-state index in [0.29, 0.717) is 6.54 Å². The molecular weight excluding hydrogens is 254 g/mol. The third-order valence-corrected chi connectivity index (χ3v) is 5.71. The highest BCUT2D eigenvalue weighted by atomic mass is 16.4. The van der Waals surface area contributed by atoms with Crippen LogP contribution in [0.4, 0.5) is 0 Å². The topological polar surface area (TPSA) is 87.7 Å². The van der Waals surface area contributed by atoms with Gasteiger partial charge < -0.3 is 16.3 Å². The monoisotopic (exact) mass is 279 g/mol. The van der Waals surface area contributed by atoms with E-state index in [1.165, 1.54) is 19.3 Å². The summed E-state index contributed by atoms with van der Waals surface area (Å²) in [7, 11) is 0. The highest BCUT2D eigenvalue weighted by Gasteiger charge is 2.54. The van der Waals surface area contributed by atoms with Crippen LogP contribution in [0.3, 0.4) is 0 Å². The van der Waals surface area contributed by atoms with E-state index in [-0.39, 0.29) is 23.1 Å². The maximum absolute atomic E-state index is 12.7. The Kier molecular flexibility index (Phi) is 3.38. The molecule has 0 aromatic carbocycles. The number of amidine groups is 1. The summed E-state index contributed by atoms with van der Waals surface area (Å²) >= 11 is 0. The second kappa shape index (κ2) is 4.93. The van der Waals surface area contributed by atoms with Crippen LogP contribution in [0.25, 0.3) is 0 Å². The Bertz CT molecular complexity index is 398. The van der Waals surface area contributed by atoms with Crippen LogP contribution >= 0.6 is 0 Å². The van der Waals surface area contributed by atoms with Gasteiger partial charge in [0.2, 0.25) is 5.91 Å². The van der Waals surface area contributed by atoms with E-state index in [1.54, 1.807) is 0 Å². The Morgan fingerprint density at radius 1 is 1.30 bits per heavy atom. The van der Waals surface area contributed by atoms with Gasteiger partial charge in [-0.25, -0.2) is 0 Å². The second-order valence-corrected chi connectivity index (χ2v) is 7.33. The van der Waals surface area contributed by atoms with Gasteiger partial charge in [-0.1, -0.05) is 12.1 Å². The Balaban J connectivity index is 1.62. The predicted molar refractivity (Wildman–Crippen MR) is 76.2 cm³/mol. The van der Waals surface area contributed by atoms with Gasteiger partial charge in [-0.3, -0.25) is 4.79 Å². The fraction of sp³-hybridized carbons (Fsp3) is 0.867. The molecule has 4 aliphatic carbocycles. The Hall–Kier alpha value is -1.26. The molecule has 1 atom stereocenters. The van der Waals surface area contributed by atoms with E-state index in [0.717, 1.165) is 37.0 Å². The van der Waals surface area contributed by atoms with Crippen molar-refractivity contribution >= 4 is 11.7 Å². The maximum Gasteiger partial charge on any atom is 0.226 e. The average Bonchev–Trinajstić information content (AvgIpc) is 2.41. The third kappa shape index (κ3) is 2.27. The molecule has 1 amide bonds. The van der Waals surface area contributed by atoms with Crippen molar-refractivity contribution in [1.29, 1.82) is 0 Å². The zero-order chi connectivity index (χ0) is 14.3. The van der Waals surface area contributed by atoms with Gasteiger partial charge in [0.1, 0.15) is 5.84 Å². The molecular formula is C15H25N3O2. The molecule has 0 spiro atoms. The quantitative estimate of drug-likeness (QED) is 0.317. The molecule has 112 valence electrons. The molecule has 5 nitrogen and oxygen atoms in total. The largest absolute Gasteiger partial charge is 0.409 e. The van der Waals surface area contributed by atoms with Gasteiger partial charge in [0.15, 0.2) is 0 Å². The van der Waals surface area contributed by atoms with Gasteiger partial charge in [0.25, 0.3) is 0 Å². The lowest BCUT2D eigenvalue weighted by Gasteiger charge is -2.55. The lowest BCUT2D eigenvalue weighted by Crippen LogP contribution is -2.54. The van der Waals surface area contributed by atoms with Gasteiger partial charge >= 0.3 is 0 Å². The Morgan fingerprint density at radius 2 is 1.80 bits per heavy atom. The van der Waals surface area contributed by atoms with Gasteiger partial charge in [0.05, 0.1) is 0 Å². The van der Waals surface area contributed by atoms with E-state index < -0.39 is 0 Å². The number of carbonyl (C=O) groups excluding carboxylic acids is 1. The summed E-state index contributed by atoms with van der Waals surface area (Å²) < 4.78 is 0. The maximum atomic E-state index is 12.7. The summed E-state index contributed by atoms with van der Waals surface area (Å²) in [5.41, 5.74) is 5.45. The molecule has 0 heterocycles. The molecule has 0 saturated heterocycles. The molecule has 0 aliphatic heterocycles. The summed E-state index contributed by atoms with van der Waals surface area (Å²) in [5.74, 6) is 2.57. The summed E-state index contributed by atoms with van der Waals surface area (Å²) in [6.45, 7) is 2.31. The number of rotatable bonds is 4. The van der Waals surface area contributed by atoms with Crippen LogP contribution in [0.5, 0.6) is 0 Å². The van der Waals surface area contributed by atoms with E-state index in [4.69, 9.17) is 10.9 Å². The first-order valence-electron chi connectivity index (χ1n) is 7.78. The molecule has 5 heteroatoms. The number of carbonyl (C=O) groups is 1. The zero-order valence-electron chi connectivity index (χ0n) is 12.1. The molecule has 4 aliphatic rings. The van der Waals surface area contributed by atoms with Crippen LogP contribution in [-0.4, -0.2) is 23.5 Å². The number of hydrogen-bond acceptors (Lipinski definition) is 3. The number of nitrogens with one attached hydrogen (secondary N) is 1. The van der Waals surface area contributed by atoms with Crippen LogP contribution < -0.4 is 11.1 Å². The van der Waals surface area contributed by atoms with Crippen molar-refractivity contribution in [2.45, 2.75) is 45.4 Å². The van der Waals surface area contributed by atoms with Crippen LogP contribution in [0.2, 0.25) is 0 Å². The van der Waals surface area contributed by atoms with Crippen LogP contribution in [0.15, 0.2) is 5.16 Å². The molecule has 4 bridgehead atoms. The van der Waals surface area contributed by atoms with Crippen molar-refractivity contribution in [2.75, 3.05) is 6.54 Å². The molecule has 4 saturated carbocycles. The fourth-order valence-electron chi connectivity index (χ4n) is 5.03. The van der Waals surface area contributed by atoms with Gasteiger partial charge in [0, 0.05) is 17.9 Å². The summed E-state index contributed by atoms with van der Waals surface area (Å²) in [6, 6.07) is 0. The molecule has 0 radical (unpaired) electrons. The van der Waals surface area contributed by atoms with Gasteiger partial charge in [-0.15, -0.1) is 0 Å². The third-order valence-electron chi connectivity index (χ3n) is 5.71. The minimum atomic E-state index is -0.127. The standard InChI is InChI=1S/C15H25N3O2/c1-9(13(16)18-20)8-17-14(19)15-5-10-2-11(6-15)4-12(3-10)7-15/h9-12,20H,2-8H2,1H3,(H2,16,18)(H,17,19). The molecule has 4 rings (SSSR count). The van der Waals surface area contributed by atoms with E-state index >= 15 is 0 Å². The van der Waals surface area contributed by atoms with Crippen molar-refractivity contribution in [3.8, 4) is 0 Å². The molecule has 4 fully saturated rings. The lowest BCUT2D eigenvalue weighted by molar-refractivity contribution is -0.146. The van der Waals surface area contributed by atoms with Gasteiger partial charge in [-0.05, 0) is 56.3 Å². The molecule has 4 N–H and O–H groups in total. The molecule has 20 heavy (non-hydrogen) atoms. The van der Waals surface area contributed by atoms with Crippen molar-refractivity contribution in [3.05, 3.63) is 0 Å². The highest BCUT2D eigenvalue weighted by Crippen LogP contribution is 2.60. The molecule has 0 aromatic heterocycles. The molecule has 0 aromatic rings. The number of oxime groups is 1. The van der Waals surface area contributed by atoms with Crippen molar-refractivity contribution < 1.29 is 10.0 Å². The Morgan fingerprint density at radius 3 is 2.25 bits per heavy atom. The summed E-state index contributed by atoms with van der Waals surface area (Å²) in [6.07, 6.45) is 7.24. The normalized spacial score (nSPS) is 40.6. The summed E-state index contributed by atoms with van der Waals surface area (Å²) in [5, 5.41) is 14.7. The van der Waals surface area contributed by atoms with E-state index in [1.807, 2.05) is 6.92 Å². The number of nitrogens with two attached hydrogens (primary N) is 1. The number of amides is 1. The minimum Gasteiger partial charge on any atom is -0.409 e. The highest BCUT2D eigenvalue weighted by molar-refractivity contribution is 5.85. The van der Waals surface area contributed by atoms with Gasteiger partial charge in [-0.2, -0.15) is 0 Å². The first kappa shape index (κ1) is 13.7.